The van der Waals surface area contributed by atoms with E-state index < -0.39 is 32.1 Å². The van der Waals surface area contributed by atoms with Crippen LogP contribution in [0.2, 0.25) is 0 Å². The van der Waals surface area contributed by atoms with Crippen LogP contribution in [0.5, 0.6) is 0 Å². The molecule has 98 valence electrons. The zero-order valence-electron chi connectivity index (χ0n) is 9.28. The third kappa shape index (κ3) is 11.3. The van der Waals surface area contributed by atoms with Crippen molar-refractivity contribution in [2.45, 2.75) is 12.8 Å². The van der Waals surface area contributed by atoms with Crippen molar-refractivity contribution in [2.75, 3.05) is 25.7 Å². The van der Waals surface area contributed by atoms with Crippen molar-refractivity contribution in [1.82, 2.24) is 0 Å². The van der Waals surface area contributed by atoms with Crippen molar-refractivity contribution in [1.29, 1.82) is 0 Å². The molecule has 4 unspecified atom stereocenters. The zero-order chi connectivity index (χ0) is 12.6. The molecule has 0 aromatic rings. The highest BCUT2D eigenvalue weighted by molar-refractivity contribution is 7.53. The minimum Gasteiger partial charge on any atom is -0.296 e. The SMILES string of the molecule is C[PH](=O)O[PH](=O)CCCC[PH](=O)O[PH](C)=O. The Hall–Kier alpha value is 0.840. The first-order valence-electron chi connectivity index (χ1n) is 4.84. The molecule has 0 aliphatic carbocycles. The molecule has 0 rings (SSSR count). The van der Waals surface area contributed by atoms with Crippen LogP contribution >= 0.6 is 32.1 Å². The van der Waals surface area contributed by atoms with Crippen LogP contribution in [0.1, 0.15) is 12.8 Å². The molecule has 4 atom stereocenters. The topological polar surface area (TPSA) is 86.7 Å². The first-order chi connectivity index (χ1) is 7.41. The van der Waals surface area contributed by atoms with Crippen LogP contribution in [0, 0.1) is 0 Å². The lowest BCUT2D eigenvalue weighted by Crippen LogP contribution is -1.84. The van der Waals surface area contributed by atoms with E-state index in [1.165, 1.54) is 13.3 Å². The van der Waals surface area contributed by atoms with E-state index in [0.29, 0.717) is 25.2 Å². The van der Waals surface area contributed by atoms with Gasteiger partial charge in [-0.25, -0.2) is 0 Å². The van der Waals surface area contributed by atoms with Crippen LogP contribution in [0.4, 0.5) is 0 Å². The highest BCUT2D eigenvalue weighted by Gasteiger charge is 2.04. The predicted octanol–water partition coefficient (Wildman–Crippen LogP) is 2.96. The van der Waals surface area contributed by atoms with Crippen molar-refractivity contribution in [3.63, 3.8) is 0 Å². The Kier molecular flexibility index (Phi) is 10.3. The van der Waals surface area contributed by atoms with Gasteiger partial charge in [0.25, 0.3) is 0 Å². The van der Waals surface area contributed by atoms with Gasteiger partial charge in [-0.15, -0.1) is 0 Å². The van der Waals surface area contributed by atoms with Gasteiger partial charge in [0.2, 0.25) is 0 Å². The van der Waals surface area contributed by atoms with E-state index in [0.717, 1.165) is 0 Å². The van der Waals surface area contributed by atoms with Crippen LogP contribution in [0.15, 0.2) is 0 Å². The summed E-state index contributed by atoms with van der Waals surface area (Å²) in [4.78, 5) is 0. The van der Waals surface area contributed by atoms with Crippen LogP contribution in [-0.4, -0.2) is 25.7 Å². The molecule has 0 fully saturated rings. The van der Waals surface area contributed by atoms with Crippen molar-refractivity contribution in [2.24, 2.45) is 0 Å². The molecular weight excluding hydrogens is 292 g/mol. The van der Waals surface area contributed by atoms with E-state index in [1.807, 2.05) is 0 Å². The van der Waals surface area contributed by atoms with E-state index >= 15 is 0 Å². The lowest BCUT2D eigenvalue weighted by atomic mass is 10.4. The van der Waals surface area contributed by atoms with E-state index in [-0.39, 0.29) is 0 Å². The number of hydrogen-bond donors (Lipinski definition) is 0. The van der Waals surface area contributed by atoms with Crippen LogP contribution < -0.4 is 0 Å². The lowest BCUT2D eigenvalue weighted by Gasteiger charge is -2.02. The quantitative estimate of drug-likeness (QED) is 0.480. The summed E-state index contributed by atoms with van der Waals surface area (Å²) < 4.78 is 52.8. The maximum absolute atomic E-state index is 11.1. The first-order valence-corrected chi connectivity index (χ1v) is 11.5. The largest absolute Gasteiger partial charge is 0.296 e. The molecule has 0 aromatic carbocycles. The fraction of sp³-hybridized carbons (Fsp3) is 1.00. The van der Waals surface area contributed by atoms with E-state index in [4.69, 9.17) is 0 Å². The molecule has 0 amide bonds. The second-order valence-corrected chi connectivity index (χ2v) is 9.23. The molecule has 0 N–H and O–H groups in total. The summed E-state index contributed by atoms with van der Waals surface area (Å²) in [5.41, 5.74) is 0. The van der Waals surface area contributed by atoms with Gasteiger partial charge in [0.1, 0.15) is 0 Å². The highest BCUT2D eigenvalue weighted by Crippen LogP contribution is 2.38. The Morgan fingerprint density at radius 3 is 1.31 bits per heavy atom. The third-order valence-electron chi connectivity index (χ3n) is 1.53. The van der Waals surface area contributed by atoms with E-state index in [2.05, 4.69) is 8.62 Å². The average Bonchev–Trinajstić information content (AvgIpc) is 2.10. The summed E-state index contributed by atoms with van der Waals surface area (Å²) in [6.45, 7) is 2.78. The molecule has 0 saturated carbocycles. The lowest BCUT2D eigenvalue weighted by molar-refractivity contribution is 0.485. The number of hydrogen-bond acceptors (Lipinski definition) is 6. The number of unbranched alkanes of at least 4 members (excludes halogenated alkanes) is 1. The smallest absolute Gasteiger partial charge is 0.197 e. The van der Waals surface area contributed by atoms with Crippen molar-refractivity contribution >= 4 is 32.1 Å². The van der Waals surface area contributed by atoms with Gasteiger partial charge in [-0.2, -0.15) is 0 Å². The van der Waals surface area contributed by atoms with E-state index in [9.17, 15) is 18.3 Å². The van der Waals surface area contributed by atoms with Gasteiger partial charge in [0, 0.05) is 25.7 Å². The van der Waals surface area contributed by atoms with Gasteiger partial charge in [0.15, 0.2) is 32.1 Å². The molecule has 0 aliphatic rings. The van der Waals surface area contributed by atoms with E-state index in [1.54, 1.807) is 0 Å². The van der Waals surface area contributed by atoms with Gasteiger partial charge >= 0.3 is 0 Å². The predicted molar refractivity (Wildman–Crippen MR) is 69.0 cm³/mol. The molecule has 0 aromatic heterocycles. The summed E-state index contributed by atoms with van der Waals surface area (Å²) in [5, 5.41) is 0. The molecule has 10 heteroatoms. The Labute approximate surface area is 98.0 Å². The van der Waals surface area contributed by atoms with Crippen molar-refractivity contribution in [3.05, 3.63) is 0 Å². The van der Waals surface area contributed by atoms with Crippen molar-refractivity contribution < 1.29 is 26.9 Å². The minimum atomic E-state index is -2.21. The summed E-state index contributed by atoms with van der Waals surface area (Å²) in [6, 6.07) is 0. The second kappa shape index (κ2) is 9.83. The molecule has 6 nitrogen and oxygen atoms in total. The Morgan fingerprint density at radius 2 is 1.06 bits per heavy atom. The molecule has 16 heavy (non-hydrogen) atoms. The summed E-state index contributed by atoms with van der Waals surface area (Å²) in [7, 11) is -8.70. The van der Waals surface area contributed by atoms with Gasteiger partial charge < -0.3 is 0 Å². The summed E-state index contributed by atoms with van der Waals surface area (Å²) in [6.07, 6.45) is 1.84. The normalized spacial score (nSPS) is 18.9. The van der Waals surface area contributed by atoms with Gasteiger partial charge in [-0.1, -0.05) is 0 Å². The fourth-order valence-corrected chi connectivity index (χ4v) is 5.42. The third-order valence-corrected chi connectivity index (χ3v) is 7.17. The summed E-state index contributed by atoms with van der Waals surface area (Å²) in [5.74, 6) is 0. The van der Waals surface area contributed by atoms with Gasteiger partial charge in [-0.3, -0.25) is 26.9 Å². The average molecular weight is 310 g/mol. The standard InChI is InChI=1S/C6H18O6P4/c1-13(7)11-15(9)5-3-4-6-16(10)12-14(2)8/h13-16H,3-6H2,1-2H3. The molecule has 0 aliphatic heterocycles. The first kappa shape index (κ1) is 16.8. The van der Waals surface area contributed by atoms with Gasteiger partial charge in [0.05, 0.1) is 0 Å². The molecule has 0 heterocycles. The second-order valence-electron chi connectivity index (χ2n) is 3.14. The summed E-state index contributed by atoms with van der Waals surface area (Å²) >= 11 is 0. The van der Waals surface area contributed by atoms with Crippen molar-refractivity contribution in [3.8, 4) is 0 Å². The van der Waals surface area contributed by atoms with Crippen LogP contribution in [0.25, 0.3) is 0 Å². The Morgan fingerprint density at radius 1 is 0.750 bits per heavy atom. The highest BCUT2D eigenvalue weighted by atomic mass is 31.2. The monoisotopic (exact) mass is 310 g/mol. The molecular formula is C6H18O6P4. The molecule has 0 bridgehead atoms. The zero-order valence-corrected chi connectivity index (χ0v) is 13.3. The molecule has 0 saturated heterocycles. The number of rotatable bonds is 9. The maximum atomic E-state index is 11.1. The fourth-order valence-electron chi connectivity index (χ4n) is 0.961. The molecule has 0 radical (unpaired) electrons. The Balaban J connectivity index is 3.53. The van der Waals surface area contributed by atoms with Crippen LogP contribution in [-0.2, 0) is 26.9 Å². The van der Waals surface area contributed by atoms with Crippen LogP contribution in [0.3, 0.4) is 0 Å². The molecule has 0 spiro atoms. The minimum absolute atomic E-state index is 0.339. The Bertz CT molecular complexity index is 273. The van der Waals surface area contributed by atoms with Gasteiger partial charge in [-0.05, 0) is 12.8 Å². The maximum Gasteiger partial charge on any atom is 0.197 e.